The monoisotopic (exact) mass is 451 g/mol. The van der Waals surface area contributed by atoms with Crippen LogP contribution in [0.3, 0.4) is 0 Å². The van der Waals surface area contributed by atoms with Crippen LogP contribution in [0.4, 0.5) is 0 Å². The average molecular weight is 451 g/mol. The van der Waals surface area contributed by atoms with Crippen LogP contribution in [0.1, 0.15) is 195 Å². The molecule has 194 valence electrons. The Hall–Kier alpha value is 0. The Kier molecular flexibility index (Phi) is 27.2. The summed E-state index contributed by atoms with van der Waals surface area (Å²) in [5.74, 6) is 1.96. The van der Waals surface area contributed by atoms with Crippen LogP contribution in [0.15, 0.2) is 0 Å². The zero-order valence-electron chi connectivity index (χ0n) is 23.5. The summed E-state index contributed by atoms with van der Waals surface area (Å²) in [7, 11) is 0. The Balaban J connectivity index is 3.52. The molecule has 0 aromatic rings. The highest BCUT2D eigenvalue weighted by atomic mass is 14.2. The fourth-order valence-corrected chi connectivity index (χ4v) is 5.52. The molecule has 0 heteroatoms. The maximum atomic E-state index is 2.56. The molecule has 0 rings (SSSR count). The lowest BCUT2D eigenvalue weighted by molar-refractivity contribution is 0.280. The van der Waals surface area contributed by atoms with E-state index in [1.54, 1.807) is 0 Å². The van der Waals surface area contributed by atoms with Crippen LogP contribution >= 0.6 is 0 Å². The average Bonchev–Trinajstić information content (AvgIpc) is 2.80. The number of unbranched alkanes of at least 4 members (excludes halogenated alkanes) is 20. The lowest BCUT2D eigenvalue weighted by Gasteiger charge is -2.24. The molecule has 0 heterocycles. The summed E-state index contributed by atoms with van der Waals surface area (Å²) >= 11 is 0. The molecule has 0 amide bonds. The molecule has 0 aliphatic carbocycles. The highest BCUT2D eigenvalue weighted by molar-refractivity contribution is 4.67. The van der Waals surface area contributed by atoms with Gasteiger partial charge in [0, 0.05) is 0 Å². The van der Waals surface area contributed by atoms with E-state index in [0.717, 1.165) is 11.8 Å². The first-order chi connectivity index (χ1) is 15.8. The van der Waals surface area contributed by atoms with Gasteiger partial charge in [-0.25, -0.2) is 0 Å². The molecule has 0 saturated heterocycles. The van der Waals surface area contributed by atoms with Gasteiger partial charge in [-0.2, -0.15) is 0 Å². The van der Waals surface area contributed by atoms with Gasteiger partial charge < -0.3 is 0 Å². The minimum Gasteiger partial charge on any atom is -0.0654 e. The van der Waals surface area contributed by atoms with Crippen molar-refractivity contribution in [2.24, 2.45) is 11.8 Å². The van der Waals surface area contributed by atoms with Crippen LogP contribution in [0.5, 0.6) is 0 Å². The van der Waals surface area contributed by atoms with Crippen molar-refractivity contribution in [1.29, 1.82) is 0 Å². The van der Waals surface area contributed by atoms with Crippen LogP contribution < -0.4 is 0 Å². The second-order valence-corrected chi connectivity index (χ2v) is 11.2. The first-order valence-electron chi connectivity index (χ1n) is 15.8. The van der Waals surface area contributed by atoms with Gasteiger partial charge in [-0.15, -0.1) is 0 Å². The first-order valence-corrected chi connectivity index (χ1v) is 15.8. The zero-order chi connectivity index (χ0) is 23.5. The Morgan fingerprint density at radius 2 is 0.625 bits per heavy atom. The third-order valence-electron chi connectivity index (χ3n) is 7.91. The van der Waals surface area contributed by atoms with E-state index >= 15 is 0 Å². The molecule has 0 fully saturated rings. The van der Waals surface area contributed by atoms with E-state index in [0.29, 0.717) is 0 Å². The summed E-state index contributed by atoms with van der Waals surface area (Å²) in [4.78, 5) is 0. The molecule has 0 aromatic heterocycles. The standard InChI is InChI=1S/C32H66/c1-5-8-10-12-14-16-17-18-19-20-21-22-24-26-29-31(4)32(28-7-3)30-27-25-23-15-13-11-9-6-2/h31-32H,5-30H2,1-4H3. The normalized spacial score (nSPS) is 13.5. The summed E-state index contributed by atoms with van der Waals surface area (Å²) in [5, 5.41) is 0. The Labute approximate surface area is 206 Å². The Morgan fingerprint density at radius 1 is 0.312 bits per heavy atom. The van der Waals surface area contributed by atoms with E-state index in [2.05, 4.69) is 27.7 Å². The first kappa shape index (κ1) is 32.0. The zero-order valence-corrected chi connectivity index (χ0v) is 23.5. The lowest BCUT2D eigenvalue weighted by atomic mass is 9.82. The molecule has 2 unspecified atom stereocenters. The van der Waals surface area contributed by atoms with E-state index in [9.17, 15) is 0 Å². The molecule has 0 nitrogen and oxygen atoms in total. The van der Waals surface area contributed by atoms with Crippen molar-refractivity contribution in [2.75, 3.05) is 0 Å². The lowest BCUT2D eigenvalue weighted by Crippen LogP contribution is -2.12. The van der Waals surface area contributed by atoms with Gasteiger partial charge in [-0.3, -0.25) is 0 Å². The third-order valence-corrected chi connectivity index (χ3v) is 7.91. The number of rotatable bonds is 27. The summed E-state index contributed by atoms with van der Waals surface area (Å²) < 4.78 is 0. The topological polar surface area (TPSA) is 0 Å². The fraction of sp³-hybridized carbons (Fsp3) is 1.00. The summed E-state index contributed by atoms with van der Waals surface area (Å²) in [6, 6.07) is 0. The summed E-state index contributed by atoms with van der Waals surface area (Å²) in [5.41, 5.74) is 0. The van der Waals surface area contributed by atoms with E-state index in [1.807, 2.05) is 0 Å². The molecule has 0 aromatic carbocycles. The van der Waals surface area contributed by atoms with E-state index in [4.69, 9.17) is 0 Å². The smallest absolute Gasteiger partial charge is 0.0389 e. The highest BCUT2D eigenvalue weighted by Gasteiger charge is 2.15. The SMILES string of the molecule is CCCCCCCCCCCCCCCCC(C)C(CCC)CCCCCCCCCC. The van der Waals surface area contributed by atoms with Crippen molar-refractivity contribution in [1.82, 2.24) is 0 Å². The second-order valence-electron chi connectivity index (χ2n) is 11.2. The number of hydrogen-bond acceptors (Lipinski definition) is 0. The molecule has 0 spiro atoms. The third kappa shape index (κ3) is 23.2. The van der Waals surface area contributed by atoms with Gasteiger partial charge >= 0.3 is 0 Å². The van der Waals surface area contributed by atoms with Crippen molar-refractivity contribution in [3.05, 3.63) is 0 Å². The molecular formula is C32H66. The molecular weight excluding hydrogens is 384 g/mol. The molecule has 0 aliphatic heterocycles. The second kappa shape index (κ2) is 27.2. The van der Waals surface area contributed by atoms with Crippen molar-refractivity contribution in [2.45, 2.75) is 195 Å². The van der Waals surface area contributed by atoms with Gasteiger partial charge in [0.15, 0.2) is 0 Å². The van der Waals surface area contributed by atoms with Gasteiger partial charge in [0.05, 0.1) is 0 Å². The van der Waals surface area contributed by atoms with Gasteiger partial charge in [0.2, 0.25) is 0 Å². The molecule has 0 saturated carbocycles. The Morgan fingerprint density at radius 3 is 0.969 bits per heavy atom. The van der Waals surface area contributed by atoms with Crippen molar-refractivity contribution in [3.63, 3.8) is 0 Å². The predicted octanol–water partition coefficient (Wildman–Crippen LogP) is 12.4. The van der Waals surface area contributed by atoms with Crippen LogP contribution in [-0.4, -0.2) is 0 Å². The van der Waals surface area contributed by atoms with E-state index in [-0.39, 0.29) is 0 Å². The van der Waals surface area contributed by atoms with Crippen molar-refractivity contribution in [3.8, 4) is 0 Å². The summed E-state index contributed by atoms with van der Waals surface area (Å²) in [6.45, 7) is 9.57. The van der Waals surface area contributed by atoms with Gasteiger partial charge in [-0.1, -0.05) is 195 Å². The van der Waals surface area contributed by atoms with Crippen LogP contribution in [-0.2, 0) is 0 Å². The van der Waals surface area contributed by atoms with Crippen molar-refractivity contribution >= 4 is 0 Å². The molecule has 0 radical (unpaired) electrons. The molecule has 32 heavy (non-hydrogen) atoms. The summed E-state index contributed by atoms with van der Waals surface area (Å²) in [6.07, 6.45) is 38.1. The number of hydrogen-bond donors (Lipinski definition) is 0. The van der Waals surface area contributed by atoms with Gasteiger partial charge in [0.1, 0.15) is 0 Å². The Bertz CT molecular complexity index is 320. The van der Waals surface area contributed by atoms with Crippen LogP contribution in [0.25, 0.3) is 0 Å². The van der Waals surface area contributed by atoms with E-state index < -0.39 is 0 Å². The fourth-order valence-electron chi connectivity index (χ4n) is 5.52. The maximum Gasteiger partial charge on any atom is -0.0389 e. The minimum atomic E-state index is 0.955. The van der Waals surface area contributed by atoms with Gasteiger partial charge in [-0.05, 0) is 11.8 Å². The van der Waals surface area contributed by atoms with E-state index in [1.165, 1.54) is 167 Å². The van der Waals surface area contributed by atoms with Crippen LogP contribution in [0, 0.1) is 11.8 Å². The maximum absolute atomic E-state index is 2.56. The molecule has 2 atom stereocenters. The quantitative estimate of drug-likeness (QED) is 0.109. The largest absolute Gasteiger partial charge is 0.0654 e. The highest BCUT2D eigenvalue weighted by Crippen LogP contribution is 2.28. The minimum absolute atomic E-state index is 0.955. The predicted molar refractivity (Wildman–Crippen MR) is 150 cm³/mol. The molecule has 0 N–H and O–H groups in total. The molecule has 0 bridgehead atoms. The van der Waals surface area contributed by atoms with Crippen molar-refractivity contribution < 1.29 is 0 Å². The molecule has 0 aliphatic rings. The van der Waals surface area contributed by atoms with Crippen LogP contribution in [0.2, 0.25) is 0 Å². The van der Waals surface area contributed by atoms with Gasteiger partial charge in [0.25, 0.3) is 0 Å².